The Hall–Kier alpha value is -0.910. The molecule has 0 saturated carbocycles. The summed E-state index contributed by atoms with van der Waals surface area (Å²) in [4.78, 5) is 1.87. The maximum atomic E-state index is 12.5. The largest absolute Gasteiger partial charge is 0.331 e. The lowest BCUT2D eigenvalue weighted by molar-refractivity contribution is -0.934. The number of quaternary nitrogens is 1. The second-order valence-corrected chi connectivity index (χ2v) is 8.67. The van der Waals surface area contributed by atoms with E-state index < -0.39 is 15.6 Å². The molecule has 1 unspecified atom stereocenters. The maximum Gasteiger partial charge on any atom is 0.241 e. The smallest absolute Gasteiger partial charge is 0.241 e. The fourth-order valence-electron chi connectivity index (χ4n) is 3.50. The van der Waals surface area contributed by atoms with Crippen LogP contribution in [-0.2, 0) is 10.0 Å². The average Bonchev–Trinajstić information content (AvgIpc) is 2.47. The predicted octanol–water partition coefficient (Wildman–Crippen LogP) is 1.59. The van der Waals surface area contributed by atoms with Crippen molar-refractivity contribution in [1.29, 1.82) is 0 Å². The first-order chi connectivity index (χ1) is 10.3. The van der Waals surface area contributed by atoms with Gasteiger partial charge in [-0.05, 0) is 51.7 Å². The number of likely N-dealkylation sites (tertiary alicyclic amines) is 1. The molecule has 2 atom stereocenters. The molecule has 2 N–H and O–H groups in total. The van der Waals surface area contributed by atoms with Crippen LogP contribution in [0.5, 0.6) is 0 Å². The van der Waals surface area contributed by atoms with E-state index in [1.165, 1.54) is 24.2 Å². The van der Waals surface area contributed by atoms with Crippen LogP contribution in [0.2, 0.25) is 0 Å². The normalized spacial score (nSPS) is 23.4. The van der Waals surface area contributed by atoms with Gasteiger partial charge >= 0.3 is 0 Å². The van der Waals surface area contributed by atoms with Crippen LogP contribution in [0.4, 0.5) is 0 Å². The molecule has 0 aliphatic carbocycles. The lowest BCUT2D eigenvalue weighted by atomic mass is 9.97. The predicted molar refractivity (Wildman–Crippen MR) is 89.5 cm³/mol. The first-order valence-electron chi connectivity index (χ1n) is 8.28. The standard InChI is InChI=1S/C17H28N2O2S/c1-4-15-10-8-9-13-19(15)14-17(2,3)18-22(20,21)16-11-6-5-7-12-16/h5-7,11-12,15,18H,4,8-10,13-14H2,1-3H3/p+1/t15-/m0/s1. The summed E-state index contributed by atoms with van der Waals surface area (Å²) in [6.45, 7) is 8.19. The van der Waals surface area contributed by atoms with Gasteiger partial charge in [0.05, 0.1) is 29.6 Å². The van der Waals surface area contributed by atoms with Gasteiger partial charge in [0.2, 0.25) is 10.0 Å². The minimum absolute atomic E-state index is 0.337. The first kappa shape index (κ1) is 17.4. The Morgan fingerprint density at radius 3 is 2.55 bits per heavy atom. The van der Waals surface area contributed by atoms with Crippen molar-refractivity contribution in [2.75, 3.05) is 13.1 Å². The van der Waals surface area contributed by atoms with Gasteiger partial charge in [-0.25, -0.2) is 8.42 Å². The molecule has 0 radical (unpaired) electrons. The zero-order valence-corrected chi connectivity index (χ0v) is 14.7. The summed E-state index contributed by atoms with van der Waals surface area (Å²) in [6, 6.07) is 9.28. The second-order valence-electron chi connectivity index (χ2n) is 6.99. The van der Waals surface area contributed by atoms with Crippen LogP contribution in [-0.4, -0.2) is 33.1 Å². The molecule has 22 heavy (non-hydrogen) atoms. The van der Waals surface area contributed by atoms with E-state index in [4.69, 9.17) is 0 Å². The van der Waals surface area contributed by atoms with Crippen molar-refractivity contribution in [3.05, 3.63) is 30.3 Å². The fourth-order valence-corrected chi connectivity index (χ4v) is 4.94. The summed E-state index contributed by atoms with van der Waals surface area (Å²) >= 11 is 0. The van der Waals surface area contributed by atoms with Gasteiger partial charge in [-0.3, -0.25) is 0 Å². The molecule has 4 nitrogen and oxygen atoms in total. The third-order valence-electron chi connectivity index (χ3n) is 4.50. The van der Waals surface area contributed by atoms with Crippen molar-refractivity contribution in [3.8, 4) is 0 Å². The van der Waals surface area contributed by atoms with Crippen molar-refractivity contribution in [2.24, 2.45) is 0 Å². The molecule has 0 aromatic heterocycles. The van der Waals surface area contributed by atoms with Gasteiger partial charge in [-0.15, -0.1) is 0 Å². The van der Waals surface area contributed by atoms with Gasteiger partial charge in [0.25, 0.3) is 0 Å². The molecule has 1 aromatic rings. The van der Waals surface area contributed by atoms with Crippen LogP contribution in [0, 0.1) is 0 Å². The highest BCUT2D eigenvalue weighted by atomic mass is 32.2. The average molecular weight is 325 g/mol. The van der Waals surface area contributed by atoms with Crippen molar-refractivity contribution >= 4 is 10.0 Å². The van der Waals surface area contributed by atoms with E-state index in [2.05, 4.69) is 11.6 Å². The van der Waals surface area contributed by atoms with Crippen LogP contribution in [0.15, 0.2) is 35.2 Å². The Bertz CT molecular complexity index is 570. The lowest BCUT2D eigenvalue weighted by Gasteiger charge is -2.37. The van der Waals surface area contributed by atoms with E-state index >= 15 is 0 Å². The van der Waals surface area contributed by atoms with Crippen LogP contribution in [0.25, 0.3) is 0 Å². The Morgan fingerprint density at radius 2 is 1.91 bits per heavy atom. The fraction of sp³-hybridized carbons (Fsp3) is 0.647. The topological polar surface area (TPSA) is 50.6 Å². The van der Waals surface area contributed by atoms with Crippen molar-refractivity contribution in [2.45, 2.75) is 62.9 Å². The summed E-state index contributed by atoms with van der Waals surface area (Å²) in [5.74, 6) is 0. The van der Waals surface area contributed by atoms with E-state index in [0.717, 1.165) is 19.5 Å². The van der Waals surface area contributed by atoms with Gasteiger partial charge in [-0.2, -0.15) is 4.72 Å². The highest BCUT2D eigenvalue weighted by Gasteiger charge is 2.34. The summed E-state index contributed by atoms with van der Waals surface area (Å²) in [6.07, 6.45) is 4.97. The molecule has 1 aliphatic rings. The minimum atomic E-state index is -3.46. The molecule has 0 bridgehead atoms. The third-order valence-corrected chi connectivity index (χ3v) is 6.22. The molecule has 1 saturated heterocycles. The Labute approximate surface area is 135 Å². The van der Waals surface area contributed by atoms with E-state index in [1.807, 2.05) is 19.9 Å². The number of hydrogen-bond donors (Lipinski definition) is 2. The third kappa shape index (κ3) is 4.54. The highest BCUT2D eigenvalue weighted by Crippen LogP contribution is 2.13. The summed E-state index contributed by atoms with van der Waals surface area (Å²) in [5.41, 5.74) is -0.450. The van der Waals surface area contributed by atoms with E-state index in [1.54, 1.807) is 24.3 Å². The van der Waals surface area contributed by atoms with E-state index in [0.29, 0.717) is 10.9 Å². The molecule has 1 fully saturated rings. The van der Waals surface area contributed by atoms with Crippen LogP contribution in [0.1, 0.15) is 46.5 Å². The lowest BCUT2D eigenvalue weighted by Crippen LogP contribution is -3.18. The molecule has 1 heterocycles. The van der Waals surface area contributed by atoms with Crippen molar-refractivity contribution < 1.29 is 13.3 Å². The number of sulfonamides is 1. The molecule has 1 aliphatic heterocycles. The molecule has 124 valence electrons. The molecule has 0 spiro atoms. The molecule has 2 rings (SSSR count). The van der Waals surface area contributed by atoms with Crippen LogP contribution < -0.4 is 9.62 Å². The number of hydrogen-bond acceptors (Lipinski definition) is 2. The van der Waals surface area contributed by atoms with Gasteiger partial charge in [0.1, 0.15) is 0 Å². The molecular formula is C17H29N2O2S+. The number of piperidine rings is 1. The Balaban J connectivity index is 2.07. The van der Waals surface area contributed by atoms with Crippen molar-refractivity contribution in [3.63, 3.8) is 0 Å². The molecule has 5 heteroatoms. The Kier molecular flexibility index (Phi) is 5.64. The van der Waals surface area contributed by atoms with Gasteiger partial charge in [0, 0.05) is 0 Å². The van der Waals surface area contributed by atoms with E-state index in [-0.39, 0.29) is 0 Å². The molecular weight excluding hydrogens is 296 g/mol. The van der Waals surface area contributed by atoms with E-state index in [9.17, 15) is 8.42 Å². The summed E-state index contributed by atoms with van der Waals surface area (Å²) < 4.78 is 27.9. The SMILES string of the molecule is CC[C@H]1CCCC[NH+]1CC(C)(C)NS(=O)(=O)c1ccccc1. The number of nitrogens with one attached hydrogen (secondary N) is 2. The van der Waals surface area contributed by atoms with Gasteiger partial charge in [-0.1, -0.05) is 25.1 Å². The summed E-state index contributed by atoms with van der Waals surface area (Å²) in [7, 11) is -3.46. The van der Waals surface area contributed by atoms with Crippen molar-refractivity contribution in [1.82, 2.24) is 4.72 Å². The quantitative estimate of drug-likeness (QED) is 0.834. The highest BCUT2D eigenvalue weighted by molar-refractivity contribution is 7.89. The van der Waals surface area contributed by atoms with Gasteiger partial charge in [0.15, 0.2) is 0 Å². The zero-order valence-electron chi connectivity index (χ0n) is 13.9. The van der Waals surface area contributed by atoms with Crippen LogP contribution >= 0.6 is 0 Å². The zero-order chi connectivity index (χ0) is 16.2. The minimum Gasteiger partial charge on any atom is -0.331 e. The Morgan fingerprint density at radius 1 is 1.23 bits per heavy atom. The summed E-state index contributed by atoms with van der Waals surface area (Å²) in [5, 5.41) is 0. The maximum absolute atomic E-state index is 12.5. The second kappa shape index (κ2) is 7.11. The first-order valence-corrected chi connectivity index (χ1v) is 9.76. The van der Waals surface area contributed by atoms with Gasteiger partial charge < -0.3 is 4.90 Å². The number of rotatable bonds is 6. The molecule has 0 amide bonds. The monoisotopic (exact) mass is 325 g/mol. The number of benzene rings is 1. The molecule has 1 aromatic carbocycles. The van der Waals surface area contributed by atoms with Crippen LogP contribution in [0.3, 0.4) is 0 Å².